The Morgan fingerprint density at radius 3 is 2.33 bits per heavy atom. The summed E-state index contributed by atoms with van der Waals surface area (Å²) in [5.74, 6) is -4.41. The molecule has 2 fully saturated rings. The van der Waals surface area contributed by atoms with Crippen LogP contribution in [-0.2, 0) is 14.4 Å². The summed E-state index contributed by atoms with van der Waals surface area (Å²) in [6.07, 6.45) is 1.43. The highest BCUT2D eigenvalue weighted by Gasteiger charge is 2.66. The molecule has 1 spiro atoms. The number of carbonyl (C=O) groups excluding carboxylic acids is 3. The van der Waals surface area contributed by atoms with Crippen molar-refractivity contribution in [3.63, 3.8) is 0 Å². The minimum absolute atomic E-state index is 0.0452. The van der Waals surface area contributed by atoms with Gasteiger partial charge in [-0.1, -0.05) is 42.5 Å². The summed E-state index contributed by atoms with van der Waals surface area (Å²) in [6.45, 7) is 0. The number of amides is 2. The van der Waals surface area contributed by atoms with E-state index in [2.05, 4.69) is 15.5 Å². The molecule has 2 amide bonds. The molecule has 39 heavy (non-hydrogen) atoms. The molecular weight excluding hydrogens is 526 g/mol. The number of carbonyl (C=O) groups is 3. The van der Waals surface area contributed by atoms with Gasteiger partial charge in [0.25, 0.3) is 17.4 Å². The summed E-state index contributed by atoms with van der Waals surface area (Å²) >= 11 is 0.645. The molecule has 13 heteroatoms. The highest BCUT2D eigenvalue weighted by molar-refractivity contribution is 8.16. The van der Waals surface area contributed by atoms with E-state index in [1.165, 1.54) is 42.6 Å². The number of hydrogen-bond donors (Lipinski definition) is 3. The van der Waals surface area contributed by atoms with E-state index in [-0.39, 0.29) is 22.1 Å². The van der Waals surface area contributed by atoms with Gasteiger partial charge in [0.05, 0.1) is 22.4 Å². The molecule has 2 aliphatic rings. The van der Waals surface area contributed by atoms with E-state index in [4.69, 9.17) is 0 Å². The summed E-state index contributed by atoms with van der Waals surface area (Å²) < 4.78 is 0. The third-order valence-corrected chi connectivity index (χ3v) is 7.16. The van der Waals surface area contributed by atoms with Crippen LogP contribution >= 0.6 is 11.8 Å². The molecule has 0 aliphatic carbocycles. The molecule has 0 aromatic heterocycles. The average molecular weight is 544 g/mol. The monoisotopic (exact) mass is 543 g/mol. The topological polar surface area (TPSA) is 175 Å². The Balaban J connectivity index is 1.66. The van der Waals surface area contributed by atoms with Gasteiger partial charge in [0, 0.05) is 17.7 Å². The van der Waals surface area contributed by atoms with Crippen molar-refractivity contribution in [2.24, 2.45) is 10.2 Å². The van der Waals surface area contributed by atoms with E-state index >= 15 is 0 Å². The third kappa shape index (κ3) is 4.30. The summed E-state index contributed by atoms with van der Waals surface area (Å²) in [4.78, 5) is 49.3. The summed E-state index contributed by atoms with van der Waals surface area (Å²) in [7, 11) is 0. The number of aliphatic hydroxyl groups excluding tert-OH is 1. The highest BCUT2D eigenvalue weighted by atomic mass is 32.2. The molecule has 3 aromatic carbocycles. The highest BCUT2D eigenvalue weighted by Crippen LogP contribution is 2.52. The quantitative estimate of drug-likeness (QED) is 0.110. The molecule has 0 bridgehead atoms. The largest absolute Gasteiger partial charge is 0.507 e. The summed E-state index contributed by atoms with van der Waals surface area (Å²) in [5.41, 5.74) is -0.335. The van der Waals surface area contributed by atoms with Gasteiger partial charge >= 0.3 is 5.91 Å². The first-order valence-electron chi connectivity index (χ1n) is 11.3. The number of non-ortho nitro benzene ring substituents is 1. The number of nitro benzene ring substituents is 1. The molecule has 0 saturated carbocycles. The molecular formula is C26H17N5O7S. The number of Topliss-reactive ketones (excluding diaryl/α,β-unsaturated/α-hetero) is 1. The second kappa shape index (κ2) is 9.87. The number of nitrogens with zero attached hydrogens (tertiary/aromatic N) is 4. The fraction of sp³-hybridized carbons (Fsp3) is 0.0385. The van der Waals surface area contributed by atoms with Crippen LogP contribution in [0.3, 0.4) is 0 Å². The minimum atomic E-state index is -2.21. The van der Waals surface area contributed by atoms with Crippen molar-refractivity contribution in [3.05, 3.63) is 106 Å². The fourth-order valence-corrected chi connectivity index (χ4v) is 5.36. The van der Waals surface area contributed by atoms with Crippen LogP contribution < -0.4 is 10.2 Å². The number of para-hydroxylation sites is 2. The smallest absolute Gasteiger partial charge is 0.301 e. The van der Waals surface area contributed by atoms with Gasteiger partial charge in [-0.05, 0) is 41.6 Å². The maximum atomic E-state index is 13.6. The zero-order valence-corrected chi connectivity index (χ0v) is 20.5. The maximum Gasteiger partial charge on any atom is 0.301 e. The zero-order valence-electron chi connectivity index (χ0n) is 19.7. The lowest BCUT2D eigenvalue weighted by Gasteiger charge is -2.31. The standard InChI is InChI=1S/C26H17N5O7S/c32-19-9-5-4-8-18(19)30-23(35)22(34)20(21(33)16-10-12-17(13-11-16)31(37)38)26(30)24(36)28-25(39-26)29-27-14-15-6-2-1-3-7-15/h1-14,32-33H,(H,28,29,36)/b21-20-,27-14?. The fourth-order valence-electron chi connectivity index (χ4n) is 4.14. The molecule has 1 atom stereocenters. The lowest BCUT2D eigenvalue weighted by Crippen LogP contribution is -2.50. The van der Waals surface area contributed by atoms with E-state index < -0.39 is 44.5 Å². The number of benzene rings is 3. The van der Waals surface area contributed by atoms with Crippen LogP contribution in [0.1, 0.15) is 11.1 Å². The molecule has 3 N–H and O–H groups in total. The Hall–Kier alpha value is -5.30. The molecule has 2 saturated heterocycles. The van der Waals surface area contributed by atoms with Gasteiger partial charge in [0.15, 0.2) is 5.17 Å². The van der Waals surface area contributed by atoms with Gasteiger partial charge in [-0.3, -0.25) is 29.4 Å². The molecule has 5 rings (SSSR count). The van der Waals surface area contributed by atoms with E-state index in [9.17, 15) is 34.7 Å². The first-order valence-corrected chi connectivity index (χ1v) is 12.1. The van der Waals surface area contributed by atoms with Crippen molar-refractivity contribution in [1.29, 1.82) is 0 Å². The Morgan fingerprint density at radius 2 is 1.67 bits per heavy atom. The van der Waals surface area contributed by atoms with Gasteiger partial charge in [-0.2, -0.15) is 5.10 Å². The second-order valence-electron chi connectivity index (χ2n) is 8.25. The minimum Gasteiger partial charge on any atom is -0.507 e. The Labute approximate surface area is 224 Å². The van der Waals surface area contributed by atoms with Gasteiger partial charge in [-0.15, -0.1) is 5.10 Å². The maximum absolute atomic E-state index is 13.6. The summed E-state index contributed by atoms with van der Waals surface area (Å²) in [5, 5.41) is 43.2. The molecule has 2 heterocycles. The molecule has 12 nitrogen and oxygen atoms in total. The van der Waals surface area contributed by atoms with Crippen LogP contribution in [0.5, 0.6) is 5.75 Å². The number of amidine groups is 1. The van der Waals surface area contributed by atoms with Crippen LogP contribution in [0.15, 0.2) is 94.6 Å². The summed E-state index contributed by atoms with van der Waals surface area (Å²) in [6, 6.07) is 19.2. The molecule has 3 aromatic rings. The predicted octanol–water partition coefficient (Wildman–Crippen LogP) is 3.13. The second-order valence-corrected chi connectivity index (χ2v) is 9.43. The Bertz CT molecular complexity index is 1620. The first kappa shape index (κ1) is 25.4. The molecule has 0 radical (unpaired) electrons. The number of nitrogens with one attached hydrogen (secondary N) is 1. The number of anilines is 1. The average Bonchev–Trinajstić information content (AvgIpc) is 3.36. The Morgan fingerprint density at radius 1 is 1.00 bits per heavy atom. The van der Waals surface area contributed by atoms with Crippen molar-refractivity contribution in [2.75, 3.05) is 4.90 Å². The van der Waals surface area contributed by atoms with Gasteiger partial charge in [0.1, 0.15) is 11.5 Å². The van der Waals surface area contributed by atoms with Crippen molar-refractivity contribution >= 4 is 57.9 Å². The lowest BCUT2D eigenvalue weighted by atomic mass is 9.99. The number of phenolic OH excluding ortho intramolecular Hbond substituents is 1. The van der Waals surface area contributed by atoms with Gasteiger partial charge in [-0.25, -0.2) is 0 Å². The van der Waals surface area contributed by atoms with E-state index in [0.29, 0.717) is 11.8 Å². The number of phenols is 1. The zero-order chi connectivity index (χ0) is 27.7. The number of nitro groups is 1. The van der Waals surface area contributed by atoms with E-state index in [1.54, 1.807) is 24.3 Å². The lowest BCUT2D eigenvalue weighted by molar-refractivity contribution is -0.384. The molecule has 2 aliphatic heterocycles. The van der Waals surface area contributed by atoms with E-state index in [0.717, 1.165) is 22.6 Å². The Kier molecular flexibility index (Phi) is 6.42. The van der Waals surface area contributed by atoms with Crippen LogP contribution in [0.4, 0.5) is 11.4 Å². The van der Waals surface area contributed by atoms with Crippen LogP contribution in [0, 0.1) is 10.1 Å². The number of thioether (sulfide) groups is 1. The number of ketones is 1. The van der Waals surface area contributed by atoms with Crippen molar-refractivity contribution in [2.45, 2.75) is 4.87 Å². The van der Waals surface area contributed by atoms with Gasteiger partial charge in [0.2, 0.25) is 4.87 Å². The number of hydrogen-bond acceptors (Lipinski definition) is 10. The van der Waals surface area contributed by atoms with Gasteiger partial charge < -0.3 is 15.5 Å². The molecule has 194 valence electrons. The van der Waals surface area contributed by atoms with Crippen molar-refractivity contribution in [3.8, 4) is 5.75 Å². The van der Waals surface area contributed by atoms with Crippen LogP contribution in [0.25, 0.3) is 5.76 Å². The predicted molar refractivity (Wildman–Crippen MR) is 143 cm³/mol. The van der Waals surface area contributed by atoms with Crippen molar-refractivity contribution in [1.82, 2.24) is 5.32 Å². The van der Waals surface area contributed by atoms with Crippen molar-refractivity contribution < 1.29 is 29.5 Å². The molecule has 1 unspecified atom stereocenters. The number of rotatable bonds is 5. The van der Waals surface area contributed by atoms with Crippen LogP contribution in [-0.4, -0.2) is 49.0 Å². The first-order chi connectivity index (χ1) is 18.7. The van der Waals surface area contributed by atoms with Crippen LogP contribution in [0.2, 0.25) is 0 Å². The third-order valence-electron chi connectivity index (χ3n) is 5.92. The number of aromatic hydroxyl groups is 1. The normalized spacial score (nSPS) is 21.3. The van der Waals surface area contributed by atoms with E-state index in [1.807, 2.05) is 6.07 Å². The number of aliphatic hydroxyl groups is 1. The SMILES string of the molecule is O=C1C(=O)N(c2ccccc2O)C2(SC(=NN=Cc3ccccc3)NC2=O)/C1=C(\O)c1ccc([N+](=O)[O-])cc1.